The number of rotatable bonds is 8. The zero-order chi connectivity index (χ0) is 25.2. The van der Waals surface area contributed by atoms with E-state index in [0.29, 0.717) is 17.3 Å². The number of benzene rings is 2. The number of sulfonamides is 1. The molecule has 2 amide bonds. The van der Waals surface area contributed by atoms with Crippen molar-refractivity contribution in [3.8, 4) is 0 Å². The third-order valence-electron chi connectivity index (χ3n) is 5.44. The quantitative estimate of drug-likeness (QED) is 0.475. The Morgan fingerprint density at radius 2 is 1.77 bits per heavy atom. The molecule has 3 aromatic rings. The van der Waals surface area contributed by atoms with E-state index in [2.05, 4.69) is 15.7 Å². The number of anilines is 1. The lowest BCUT2D eigenvalue weighted by Gasteiger charge is -2.13. The van der Waals surface area contributed by atoms with Gasteiger partial charge in [0, 0.05) is 43.3 Å². The van der Waals surface area contributed by atoms with Gasteiger partial charge in [0.05, 0.1) is 10.6 Å². The second-order valence-electron chi connectivity index (χ2n) is 8.09. The number of amides is 2. The van der Waals surface area contributed by atoms with Gasteiger partial charge in [0.1, 0.15) is 18.2 Å². The third-order valence-corrected chi connectivity index (χ3v) is 8.24. The van der Waals surface area contributed by atoms with Crippen molar-refractivity contribution in [2.45, 2.75) is 29.5 Å². The van der Waals surface area contributed by atoms with Crippen molar-refractivity contribution in [3.05, 3.63) is 76.7 Å². The predicted octanol–water partition coefficient (Wildman–Crippen LogP) is 2.59. The van der Waals surface area contributed by atoms with E-state index in [1.54, 1.807) is 23.9 Å². The molecule has 4 rings (SSSR count). The topological polar surface area (TPSA) is 113 Å². The highest BCUT2D eigenvalue weighted by molar-refractivity contribution is 7.98. The Kier molecular flexibility index (Phi) is 7.24. The third kappa shape index (κ3) is 5.55. The number of carbonyl (C=O) groups excluding carboxylic acids is 2. The van der Waals surface area contributed by atoms with Crippen LogP contribution < -0.4 is 10.6 Å². The van der Waals surface area contributed by atoms with Crippen LogP contribution in [0, 0.1) is 5.82 Å². The van der Waals surface area contributed by atoms with Crippen LogP contribution in [0.25, 0.3) is 0 Å². The van der Waals surface area contributed by atoms with Gasteiger partial charge in [-0.1, -0.05) is 12.1 Å². The molecule has 12 heteroatoms. The molecule has 1 aliphatic heterocycles. The standard InChI is InChI=1S/C23H24FN5O4S2/c1-28(2)35(32,33)18-9-5-16(6-10-18)23(31)26-22-19-13-34-14-20(19)27-29(22)12-21(30)25-11-15-3-7-17(24)8-4-15/h3-10H,11-14H2,1-2H3,(H,25,30)(H,26,31). The fourth-order valence-corrected chi connectivity index (χ4v) is 5.42. The maximum absolute atomic E-state index is 13.1. The van der Waals surface area contributed by atoms with Crippen molar-refractivity contribution in [3.63, 3.8) is 0 Å². The van der Waals surface area contributed by atoms with Crippen LogP contribution in [0.3, 0.4) is 0 Å². The number of thioether (sulfide) groups is 1. The van der Waals surface area contributed by atoms with Crippen LogP contribution >= 0.6 is 11.8 Å². The predicted molar refractivity (Wildman–Crippen MR) is 131 cm³/mol. The first-order valence-corrected chi connectivity index (χ1v) is 13.3. The second-order valence-corrected chi connectivity index (χ2v) is 11.2. The highest BCUT2D eigenvalue weighted by Crippen LogP contribution is 2.35. The summed E-state index contributed by atoms with van der Waals surface area (Å²) < 4.78 is 40.1. The monoisotopic (exact) mass is 517 g/mol. The Balaban J connectivity index is 1.47. The molecule has 2 aromatic carbocycles. The maximum Gasteiger partial charge on any atom is 0.256 e. The zero-order valence-electron chi connectivity index (χ0n) is 19.1. The van der Waals surface area contributed by atoms with Crippen molar-refractivity contribution in [2.24, 2.45) is 0 Å². The van der Waals surface area contributed by atoms with Crippen molar-refractivity contribution < 1.29 is 22.4 Å². The molecule has 0 spiro atoms. The Morgan fingerprint density at radius 3 is 2.43 bits per heavy atom. The maximum atomic E-state index is 13.1. The number of aromatic nitrogens is 2. The van der Waals surface area contributed by atoms with Crippen LogP contribution in [0.2, 0.25) is 0 Å². The Hall–Kier alpha value is -3.22. The summed E-state index contributed by atoms with van der Waals surface area (Å²) in [5.41, 5.74) is 2.70. The van der Waals surface area contributed by atoms with E-state index in [1.165, 1.54) is 55.2 Å². The van der Waals surface area contributed by atoms with Gasteiger partial charge in [-0.25, -0.2) is 21.8 Å². The molecule has 0 atom stereocenters. The van der Waals surface area contributed by atoms with E-state index in [4.69, 9.17) is 0 Å². The number of nitrogens with zero attached hydrogens (tertiary/aromatic N) is 3. The van der Waals surface area contributed by atoms with Gasteiger partial charge in [0.2, 0.25) is 15.9 Å². The average Bonchev–Trinajstić information content (AvgIpc) is 3.41. The summed E-state index contributed by atoms with van der Waals surface area (Å²) in [5, 5.41) is 10.1. The lowest BCUT2D eigenvalue weighted by atomic mass is 10.2. The summed E-state index contributed by atoms with van der Waals surface area (Å²) in [4.78, 5) is 25.6. The van der Waals surface area contributed by atoms with Crippen LogP contribution in [0.4, 0.5) is 10.2 Å². The molecule has 0 fully saturated rings. The minimum absolute atomic E-state index is 0.0826. The van der Waals surface area contributed by atoms with E-state index in [0.717, 1.165) is 21.1 Å². The lowest BCUT2D eigenvalue weighted by Crippen LogP contribution is -2.29. The second kappa shape index (κ2) is 10.2. The van der Waals surface area contributed by atoms with Crippen LogP contribution in [-0.4, -0.2) is 48.4 Å². The molecular weight excluding hydrogens is 493 g/mol. The molecule has 9 nitrogen and oxygen atoms in total. The minimum atomic E-state index is -3.60. The van der Waals surface area contributed by atoms with E-state index in [9.17, 15) is 22.4 Å². The fourth-order valence-electron chi connectivity index (χ4n) is 3.48. The Bertz CT molecular complexity index is 1350. The van der Waals surface area contributed by atoms with Crippen molar-refractivity contribution in [1.82, 2.24) is 19.4 Å². The lowest BCUT2D eigenvalue weighted by molar-refractivity contribution is -0.122. The van der Waals surface area contributed by atoms with Crippen molar-refractivity contribution >= 4 is 39.4 Å². The molecule has 1 aromatic heterocycles. The van der Waals surface area contributed by atoms with Crippen molar-refractivity contribution in [1.29, 1.82) is 0 Å². The van der Waals surface area contributed by atoms with E-state index < -0.39 is 15.9 Å². The summed E-state index contributed by atoms with van der Waals surface area (Å²) >= 11 is 1.66. The van der Waals surface area contributed by atoms with E-state index in [1.807, 2.05) is 0 Å². The number of carbonyl (C=O) groups is 2. The molecule has 2 N–H and O–H groups in total. The molecular formula is C23H24FN5O4S2. The molecule has 0 unspecified atom stereocenters. The molecule has 0 saturated heterocycles. The first kappa shape index (κ1) is 24.9. The summed E-state index contributed by atoms with van der Waals surface area (Å²) in [6, 6.07) is 11.5. The number of halogens is 1. The summed E-state index contributed by atoms with van der Waals surface area (Å²) in [5.74, 6) is 0.681. The molecule has 0 radical (unpaired) electrons. The molecule has 0 bridgehead atoms. The number of nitrogens with one attached hydrogen (secondary N) is 2. The molecule has 184 valence electrons. The fraction of sp³-hybridized carbons (Fsp3) is 0.261. The van der Waals surface area contributed by atoms with E-state index in [-0.39, 0.29) is 35.3 Å². The van der Waals surface area contributed by atoms with E-state index >= 15 is 0 Å². The summed E-state index contributed by atoms with van der Waals surface area (Å²) in [6.07, 6.45) is 0. The zero-order valence-corrected chi connectivity index (χ0v) is 20.7. The first-order valence-electron chi connectivity index (χ1n) is 10.7. The van der Waals surface area contributed by atoms with Gasteiger partial charge < -0.3 is 10.6 Å². The minimum Gasteiger partial charge on any atom is -0.350 e. The van der Waals surface area contributed by atoms with Crippen LogP contribution in [0.1, 0.15) is 27.2 Å². The SMILES string of the molecule is CN(C)S(=O)(=O)c1ccc(C(=O)Nc2c3c(nn2CC(=O)NCc2ccc(F)cc2)CSC3)cc1. The number of hydrogen-bond acceptors (Lipinski definition) is 6. The van der Waals surface area contributed by atoms with Gasteiger partial charge in [0.25, 0.3) is 5.91 Å². The van der Waals surface area contributed by atoms with Crippen molar-refractivity contribution in [2.75, 3.05) is 19.4 Å². The highest BCUT2D eigenvalue weighted by atomic mass is 32.2. The van der Waals surface area contributed by atoms with Gasteiger partial charge in [-0.15, -0.1) is 0 Å². The summed E-state index contributed by atoms with van der Waals surface area (Å²) in [6.45, 7) is 0.133. The van der Waals surface area contributed by atoms with Gasteiger partial charge in [0.15, 0.2) is 0 Å². The normalized spacial score (nSPS) is 13.0. The highest BCUT2D eigenvalue weighted by Gasteiger charge is 2.25. The van der Waals surface area contributed by atoms with Gasteiger partial charge in [-0.05, 0) is 42.0 Å². The molecule has 0 aliphatic carbocycles. The van der Waals surface area contributed by atoms with Crippen LogP contribution in [0.5, 0.6) is 0 Å². The molecule has 2 heterocycles. The average molecular weight is 518 g/mol. The first-order chi connectivity index (χ1) is 16.6. The number of hydrogen-bond donors (Lipinski definition) is 2. The molecule has 35 heavy (non-hydrogen) atoms. The Labute approximate surface area is 206 Å². The summed E-state index contributed by atoms with van der Waals surface area (Å²) in [7, 11) is -0.732. The smallest absolute Gasteiger partial charge is 0.256 e. The van der Waals surface area contributed by atoms with Gasteiger partial charge >= 0.3 is 0 Å². The molecule has 0 saturated carbocycles. The van der Waals surface area contributed by atoms with Gasteiger partial charge in [-0.3, -0.25) is 9.59 Å². The van der Waals surface area contributed by atoms with Crippen LogP contribution in [-0.2, 0) is 39.4 Å². The van der Waals surface area contributed by atoms with Crippen LogP contribution in [0.15, 0.2) is 53.4 Å². The molecule has 1 aliphatic rings. The largest absolute Gasteiger partial charge is 0.350 e. The van der Waals surface area contributed by atoms with Gasteiger partial charge in [-0.2, -0.15) is 16.9 Å². The Morgan fingerprint density at radius 1 is 1.09 bits per heavy atom. The number of fused-ring (bicyclic) bond motifs is 1.